The van der Waals surface area contributed by atoms with Gasteiger partial charge in [-0.15, -0.1) is 12.8 Å². The molecule has 0 radical (unpaired) electrons. The van der Waals surface area contributed by atoms with Crippen molar-refractivity contribution in [2.45, 2.75) is 6.92 Å². The molecule has 1 aromatic rings. The molecular weight excluding hydrogens is 148 g/mol. The smallest absolute Gasteiger partial charge is 0.132 e. The fourth-order valence-corrected chi connectivity index (χ4v) is 1.03. The third-order valence-electron chi connectivity index (χ3n) is 1.56. The molecule has 0 heterocycles. The van der Waals surface area contributed by atoms with Crippen LogP contribution in [0, 0.1) is 31.6 Å². The fourth-order valence-electron chi connectivity index (χ4n) is 1.03. The molecule has 0 aliphatic carbocycles. The van der Waals surface area contributed by atoms with Gasteiger partial charge in [-0.3, -0.25) is 0 Å². The van der Waals surface area contributed by atoms with E-state index in [1.165, 1.54) is 0 Å². The number of rotatable bonds is 0. The molecule has 1 rings (SSSR count). The summed E-state index contributed by atoms with van der Waals surface area (Å²) < 4.78 is 0. The van der Waals surface area contributed by atoms with Crippen LogP contribution in [-0.2, 0) is 0 Å². The Bertz CT molecular complexity index is 389. The van der Waals surface area contributed by atoms with E-state index in [2.05, 4.69) is 11.8 Å². The van der Waals surface area contributed by atoms with E-state index in [-0.39, 0.29) is 5.75 Å². The summed E-state index contributed by atoms with van der Waals surface area (Å²) in [4.78, 5) is 0. The van der Waals surface area contributed by atoms with Gasteiger partial charge in [0.15, 0.2) is 0 Å². The Labute approximate surface area is 72.0 Å². The van der Waals surface area contributed by atoms with E-state index in [1.54, 1.807) is 12.1 Å². The van der Waals surface area contributed by atoms with Crippen molar-refractivity contribution in [1.82, 2.24) is 0 Å². The highest BCUT2D eigenvalue weighted by molar-refractivity contribution is 5.57. The van der Waals surface area contributed by atoms with Crippen LogP contribution >= 0.6 is 0 Å². The summed E-state index contributed by atoms with van der Waals surface area (Å²) in [5.41, 5.74) is 1.86. The second kappa shape index (κ2) is 3.03. The summed E-state index contributed by atoms with van der Waals surface area (Å²) in [6.07, 6.45) is 10.4. The lowest BCUT2D eigenvalue weighted by atomic mass is 10.0. The predicted octanol–water partition coefficient (Wildman–Crippen LogP) is 1.66. The molecule has 1 heteroatoms. The fraction of sp³-hybridized carbons (Fsp3) is 0.0909. The summed E-state index contributed by atoms with van der Waals surface area (Å²) in [5, 5.41) is 9.37. The molecule has 1 nitrogen and oxygen atoms in total. The number of aryl methyl sites for hydroxylation is 1. The van der Waals surface area contributed by atoms with Crippen LogP contribution in [0.3, 0.4) is 0 Å². The largest absolute Gasteiger partial charge is 0.507 e. The van der Waals surface area contributed by atoms with Crippen LogP contribution in [0.5, 0.6) is 5.75 Å². The Morgan fingerprint density at radius 1 is 1.25 bits per heavy atom. The first-order valence-electron chi connectivity index (χ1n) is 3.46. The van der Waals surface area contributed by atoms with Crippen molar-refractivity contribution in [3.8, 4) is 30.4 Å². The number of benzene rings is 1. The standard InChI is InChI=1S/C11H8O/c1-4-9-6-8(3)7-11(12)10(9)5-2/h1-2,6-7,12H,3H3. The van der Waals surface area contributed by atoms with Gasteiger partial charge < -0.3 is 5.11 Å². The second-order valence-electron chi connectivity index (χ2n) is 2.50. The van der Waals surface area contributed by atoms with Crippen molar-refractivity contribution >= 4 is 0 Å². The molecule has 0 saturated carbocycles. The molecule has 1 aromatic carbocycles. The van der Waals surface area contributed by atoms with Crippen LogP contribution in [0.4, 0.5) is 0 Å². The minimum absolute atomic E-state index is 0.0745. The molecule has 0 amide bonds. The van der Waals surface area contributed by atoms with E-state index < -0.39 is 0 Å². The van der Waals surface area contributed by atoms with Crippen LogP contribution < -0.4 is 0 Å². The molecule has 0 bridgehead atoms. The zero-order chi connectivity index (χ0) is 9.14. The third kappa shape index (κ3) is 1.26. The van der Waals surface area contributed by atoms with Crippen molar-refractivity contribution in [1.29, 1.82) is 0 Å². The summed E-state index contributed by atoms with van der Waals surface area (Å²) in [6, 6.07) is 3.37. The Kier molecular flexibility index (Phi) is 2.08. The molecule has 0 unspecified atom stereocenters. The van der Waals surface area contributed by atoms with Gasteiger partial charge in [-0.2, -0.15) is 0 Å². The minimum atomic E-state index is 0.0745. The first kappa shape index (κ1) is 8.24. The van der Waals surface area contributed by atoms with Gasteiger partial charge in [0.2, 0.25) is 0 Å². The van der Waals surface area contributed by atoms with E-state index in [1.807, 2.05) is 6.92 Å². The predicted molar refractivity (Wildman–Crippen MR) is 48.7 cm³/mol. The molecular formula is C11H8O. The lowest BCUT2D eigenvalue weighted by Crippen LogP contribution is -1.86. The summed E-state index contributed by atoms with van der Waals surface area (Å²) in [5.74, 6) is 4.85. The molecule has 1 N–H and O–H groups in total. The van der Waals surface area contributed by atoms with E-state index in [9.17, 15) is 5.11 Å². The molecule has 0 fully saturated rings. The first-order chi connectivity index (χ1) is 5.69. The minimum Gasteiger partial charge on any atom is -0.507 e. The van der Waals surface area contributed by atoms with E-state index in [0.717, 1.165) is 5.56 Å². The van der Waals surface area contributed by atoms with Crippen LogP contribution in [0.25, 0.3) is 0 Å². The highest BCUT2D eigenvalue weighted by atomic mass is 16.3. The van der Waals surface area contributed by atoms with Gasteiger partial charge in [0.25, 0.3) is 0 Å². The van der Waals surface area contributed by atoms with Gasteiger partial charge >= 0.3 is 0 Å². The van der Waals surface area contributed by atoms with Crippen LogP contribution in [0.2, 0.25) is 0 Å². The van der Waals surface area contributed by atoms with Gasteiger partial charge in [-0.05, 0) is 24.6 Å². The quantitative estimate of drug-likeness (QED) is 0.566. The molecule has 0 aliphatic rings. The SMILES string of the molecule is C#Cc1cc(C)cc(O)c1C#C. The van der Waals surface area contributed by atoms with E-state index in [0.29, 0.717) is 11.1 Å². The van der Waals surface area contributed by atoms with Crippen molar-refractivity contribution in [3.63, 3.8) is 0 Å². The molecule has 0 aliphatic heterocycles. The van der Waals surface area contributed by atoms with Gasteiger partial charge in [0.1, 0.15) is 5.75 Å². The van der Waals surface area contributed by atoms with Crippen molar-refractivity contribution in [3.05, 3.63) is 28.8 Å². The number of hydrogen-bond acceptors (Lipinski definition) is 1. The van der Waals surface area contributed by atoms with Crippen molar-refractivity contribution < 1.29 is 5.11 Å². The van der Waals surface area contributed by atoms with E-state index in [4.69, 9.17) is 12.8 Å². The Hall–Kier alpha value is -1.86. The lowest BCUT2D eigenvalue weighted by Gasteiger charge is -2.01. The summed E-state index contributed by atoms with van der Waals surface area (Å²) in [7, 11) is 0. The zero-order valence-corrected chi connectivity index (χ0v) is 6.76. The Balaban J connectivity index is 3.50. The number of phenols is 1. The topological polar surface area (TPSA) is 20.2 Å². The number of terminal acetylenes is 2. The molecule has 0 atom stereocenters. The third-order valence-corrected chi connectivity index (χ3v) is 1.56. The molecule has 0 spiro atoms. The highest BCUT2D eigenvalue weighted by Gasteiger charge is 2.03. The maximum absolute atomic E-state index is 9.37. The molecule has 0 aromatic heterocycles. The van der Waals surface area contributed by atoms with Crippen LogP contribution in [0.1, 0.15) is 16.7 Å². The molecule has 12 heavy (non-hydrogen) atoms. The summed E-state index contributed by atoms with van der Waals surface area (Å²) in [6.45, 7) is 1.85. The monoisotopic (exact) mass is 156 g/mol. The lowest BCUT2D eigenvalue weighted by molar-refractivity contribution is 0.473. The first-order valence-corrected chi connectivity index (χ1v) is 3.46. The average molecular weight is 156 g/mol. The second-order valence-corrected chi connectivity index (χ2v) is 2.50. The van der Waals surface area contributed by atoms with Gasteiger partial charge in [0, 0.05) is 5.56 Å². The Morgan fingerprint density at radius 2 is 1.92 bits per heavy atom. The maximum Gasteiger partial charge on any atom is 0.132 e. The van der Waals surface area contributed by atoms with Gasteiger partial charge in [-0.1, -0.05) is 11.8 Å². The van der Waals surface area contributed by atoms with Crippen LogP contribution in [0.15, 0.2) is 12.1 Å². The van der Waals surface area contributed by atoms with Gasteiger partial charge in [0.05, 0.1) is 5.56 Å². The average Bonchev–Trinajstić information content (AvgIpc) is 2.03. The normalized spacial score (nSPS) is 8.58. The number of phenolic OH excluding ortho intramolecular Hbond substituents is 1. The molecule has 0 saturated heterocycles. The Morgan fingerprint density at radius 3 is 2.42 bits per heavy atom. The highest BCUT2D eigenvalue weighted by Crippen LogP contribution is 2.21. The van der Waals surface area contributed by atoms with Crippen molar-refractivity contribution in [2.75, 3.05) is 0 Å². The van der Waals surface area contributed by atoms with Crippen molar-refractivity contribution in [2.24, 2.45) is 0 Å². The maximum atomic E-state index is 9.37. The zero-order valence-electron chi connectivity index (χ0n) is 6.76. The van der Waals surface area contributed by atoms with Crippen LogP contribution in [-0.4, -0.2) is 5.11 Å². The number of aromatic hydroxyl groups is 1. The van der Waals surface area contributed by atoms with Gasteiger partial charge in [-0.25, -0.2) is 0 Å². The number of hydrogen-bond donors (Lipinski definition) is 1. The molecule has 58 valence electrons. The van der Waals surface area contributed by atoms with E-state index >= 15 is 0 Å². The summed E-state index contributed by atoms with van der Waals surface area (Å²) >= 11 is 0.